The van der Waals surface area contributed by atoms with E-state index in [9.17, 15) is 10.2 Å². The van der Waals surface area contributed by atoms with Crippen molar-refractivity contribution in [2.24, 2.45) is 23.7 Å². The lowest BCUT2D eigenvalue weighted by atomic mass is 9.58. The third kappa shape index (κ3) is 4.39. The predicted octanol–water partition coefficient (Wildman–Crippen LogP) is 3.58. The van der Waals surface area contributed by atoms with Crippen LogP contribution in [-0.4, -0.2) is 53.5 Å². The Morgan fingerprint density at radius 3 is 2.38 bits per heavy atom. The fourth-order valence-electron chi connectivity index (χ4n) is 6.34. The number of rotatable bonds is 5. The summed E-state index contributed by atoms with van der Waals surface area (Å²) in [4.78, 5) is 0. The highest BCUT2D eigenvalue weighted by atomic mass is 16.8. The molecule has 4 aliphatic rings. The molecule has 2 aliphatic carbocycles. The summed E-state index contributed by atoms with van der Waals surface area (Å²) in [6, 6.07) is 0. The summed E-state index contributed by atoms with van der Waals surface area (Å²) in [6.07, 6.45) is 8.43. The predicted molar refractivity (Wildman–Crippen MR) is 108 cm³/mol. The molecule has 168 valence electrons. The molecular weight excluding hydrogens is 372 g/mol. The highest BCUT2D eigenvalue weighted by molar-refractivity contribution is 5.07. The number of ether oxygens (including phenoxy) is 4. The topological polar surface area (TPSA) is 77.4 Å². The van der Waals surface area contributed by atoms with Gasteiger partial charge in [-0.2, -0.15) is 0 Å². The second kappa shape index (κ2) is 8.71. The van der Waals surface area contributed by atoms with E-state index < -0.39 is 24.0 Å². The molecule has 0 aromatic carbocycles. The van der Waals surface area contributed by atoms with Gasteiger partial charge in [0.2, 0.25) is 0 Å². The van der Waals surface area contributed by atoms with Crippen LogP contribution in [0.4, 0.5) is 0 Å². The number of hydrogen-bond acceptors (Lipinski definition) is 6. The fraction of sp³-hybridized carbons (Fsp3) is 1.00. The summed E-state index contributed by atoms with van der Waals surface area (Å²) in [6.45, 7) is 7.02. The van der Waals surface area contributed by atoms with Crippen molar-refractivity contribution >= 4 is 0 Å². The molecule has 0 aromatic rings. The fourth-order valence-corrected chi connectivity index (χ4v) is 6.34. The third-order valence-corrected chi connectivity index (χ3v) is 8.06. The lowest BCUT2D eigenvalue weighted by Crippen LogP contribution is -2.67. The van der Waals surface area contributed by atoms with Crippen molar-refractivity contribution in [3.8, 4) is 0 Å². The van der Waals surface area contributed by atoms with Crippen LogP contribution >= 0.6 is 0 Å². The van der Waals surface area contributed by atoms with Crippen molar-refractivity contribution in [2.75, 3.05) is 13.2 Å². The molecule has 0 amide bonds. The van der Waals surface area contributed by atoms with Gasteiger partial charge >= 0.3 is 0 Å². The maximum absolute atomic E-state index is 11.8. The SMILES string of the molecule is C[C@H]1C(OCCOC2CCCCC2)O[C@@H]2O[C@](C)(O)CCC3[C@H](C)CCC1[C@]32O. The Labute approximate surface area is 175 Å². The first-order chi connectivity index (χ1) is 13.8. The van der Waals surface area contributed by atoms with Crippen molar-refractivity contribution in [2.45, 2.75) is 109 Å². The molecule has 4 fully saturated rings. The standard InChI is InChI=1S/C23H40O6/c1-15-9-10-19-16(2)20(27-14-13-26-17-7-5-4-6-8-17)28-21-23(19,25)18(15)11-12-22(3,24)29-21/h15-21,24-25H,4-14H2,1-3H3/t15-,16-,18?,19?,20?,21-,22+,23-/m1/s1. The van der Waals surface area contributed by atoms with Crippen LogP contribution in [0.15, 0.2) is 0 Å². The summed E-state index contributed by atoms with van der Waals surface area (Å²) < 4.78 is 24.2. The van der Waals surface area contributed by atoms with Gasteiger partial charge in [-0.15, -0.1) is 0 Å². The smallest absolute Gasteiger partial charge is 0.193 e. The quantitative estimate of drug-likeness (QED) is 0.672. The first-order valence-electron chi connectivity index (χ1n) is 11.8. The van der Waals surface area contributed by atoms with Gasteiger partial charge < -0.3 is 29.2 Å². The van der Waals surface area contributed by atoms with Gasteiger partial charge in [0.1, 0.15) is 5.60 Å². The van der Waals surface area contributed by atoms with Crippen LogP contribution in [0.1, 0.15) is 78.6 Å². The molecule has 2 heterocycles. The molecule has 0 bridgehead atoms. The Balaban J connectivity index is 1.41. The minimum Gasteiger partial charge on any atom is -0.384 e. The second-order valence-electron chi connectivity index (χ2n) is 10.2. The van der Waals surface area contributed by atoms with Crippen LogP contribution in [0.3, 0.4) is 0 Å². The van der Waals surface area contributed by atoms with Gasteiger partial charge in [-0.05, 0) is 50.9 Å². The summed E-state index contributed by atoms with van der Waals surface area (Å²) >= 11 is 0. The van der Waals surface area contributed by atoms with Crippen LogP contribution in [0.25, 0.3) is 0 Å². The Kier molecular flexibility index (Phi) is 6.60. The van der Waals surface area contributed by atoms with Crippen LogP contribution in [0, 0.1) is 23.7 Å². The van der Waals surface area contributed by atoms with E-state index in [1.54, 1.807) is 6.92 Å². The number of hydrogen-bond donors (Lipinski definition) is 2. The molecule has 0 radical (unpaired) electrons. The Bertz CT molecular complexity index is 547. The Morgan fingerprint density at radius 1 is 0.897 bits per heavy atom. The van der Waals surface area contributed by atoms with Gasteiger partial charge in [-0.1, -0.05) is 33.1 Å². The first-order valence-corrected chi connectivity index (χ1v) is 11.8. The van der Waals surface area contributed by atoms with E-state index in [4.69, 9.17) is 18.9 Å². The van der Waals surface area contributed by atoms with Crippen LogP contribution in [-0.2, 0) is 18.9 Å². The molecule has 4 rings (SSSR count). The van der Waals surface area contributed by atoms with Crippen LogP contribution in [0.2, 0.25) is 0 Å². The lowest BCUT2D eigenvalue weighted by molar-refractivity contribution is -0.408. The zero-order valence-corrected chi connectivity index (χ0v) is 18.3. The zero-order chi connectivity index (χ0) is 20.6. The molecule has 2 saturated heterocycles. The lowest BCUT2D eigenvalue weighted by Gasteiger charge is -2.57. The summed E-state index contributed by atoms with van der Waals surface area (Å²) in [5.41, 5.74) is -1.07. The highest BCUT2D eigenvalue weighted by Crippen LogP contribution is 2.55. The molecule has 0 spiro atoms. The summed E-state index contributed by atoms with van der Waals surface area (Å²) in [5.74, 6) is -0.739. The average Bonchev–Trinajstić information content (AvgIpc) is 2.78. The minimum absolute atomic E-state index is 0.0422. The molecule has 2 saturated carbocycles. The summed E-state index contributed by atoms with van der Waals surface area (Å²) in [7, 11) is 0. The van der Waals surface area contributed by atoms with Crippen molar-refractivity contribution in [3.05, 3.63) is 0 Å². The molecule has 2 N–H and O–H groups in total. The maximum Gasteiger partial charge on any atom is 0.193 e. The van der Waals surface area contributed by atoms with Gasteiger partial charge in [0.25, 0.3) is 0 Å². The summed E-state index contributed by atoms with van der Waals surface area (Å²) in [5, 5.41) is 22.5. The second-order valence-corrected chi connectivity index (χ2v) is 10.2. The van der Waals surface area contributed by atoms with Crippen molar-refractivity contribution in [1.29, 1.82) is 0 Å². The van der Waals surface area contributed by atoms with E-state index in [0.29, 0.717) is 31.7 Å². The maximum atomic E-state index is 11.8. The van der Waals surface area contributed by atoms with Crippen LogP contribution in [0.5, 0.6) is 0 Å². The third-order valence-electron chi connectivity index (χ3n) is 8.06. The Morgan fingerprint density at radius 2 is 1.62 bits per heavy atom. The molecular formula is C23H40O6. The van der Waals surface area contributed by atoms with Gasteiger partial charge in [0.15, 0.2) is 18.4 Å². The zero-order valence-electron chi connectivity index (χ0n) is 18.3. The monoisotopic (exact) mass is 412 g/mol. The molecule has 0 aromatic heterocycles. The first kappa shape index (κ1) is 22.0. The van der Waals surface area contributed by atoms with Gasteiger partial charge in [0, 0.05) is 18.3 Å². The molecule has 3 unspecified atom stereocenters. The van der Waals surface area contributed by atoms with Gasteiger partial charge in [-0.25, -0.2) is 0 Å². The van der Waals surface area contributed by atoms with E-state index in [0.717, 1.165) is 32.1 Å². The van der Waals surface area contributed by atoms with E-state index in [1.165, 1.54) is 19.3 Å². The molecule has 6 heteroatoms. The number of aliphatic hydroxyl groups is 2. The largest absolute Gasteiger partial charge is 0.384 e. The van der Waals surface area contributed by atoms with Crippen molar-refractivity contribution in [1.82, 2.24) is 0 Å². The van der Waals surface area contributed by atoms with Crippen molar-refractivity contribution < 1.29 is 29.2 Å². The molecule has 29 heavy (non-hydrogen) atoms. The molecule has 6 nitrogen and oxygen atoms in total. The van der Waals surface area contributed by atoms with E-state index in [-0.39, 0.29) is 17.8 Å². The molecule has 8 atom stereocenters. The highest BCUT2D eigenvalue weighted by Gasteiger charge is 2.63. The van der Waals surface area contributed by atoms with Crippen molar-refractivity contribution in [3.63, 3.8) is 0 Å². The van der Waals surface area contributed by atoms with Gasteiger partial charge in [-0.3, -0.25) is 0 Å². The average molecular weight is 413 g/mol. The van der Waals surface area contributed by atoms with E-state index in [1.807, 2.05) is 0 Å². The normalized spacial score (nSPS) is 48.7. The van der Waals surface area contributed by atoms with Gasteiger partial charge in [0.05, 0.1) is 19.3 Å². The van der Waals surface area contributed by atoms with Crippen LogP contribution < -0.4 is 0 Å². The van der Waals surface area contributed by atoms with E-state index in [2.05, 4.69) is 13.8 Å². The minimum atomic E-state index is -1.29. The Hall–Kier alpha value is -0.240. The molecule has 2 aliphatic heterocycles. The van der Waals surface area contributed by atoms with E-state index >= 15 is 0 Å².